The minimum Gasteiger partial charge on any atom is -0.482 e. The Hall–Kier alpha value is -2.08. The van der Waals surface area contributed by atoms with Crippen molar-refractivity contribution in [1.82, 2.24) is 5.32 Å². The van der Waals surface area contributed by atoms with E-state index in [-0.39, 0.29) is 18.6 Å². The van der Waals surface area contributed by atoms with E-state index in [0.717, 1.165) is 31.2 Å². The summed E-state index contributed by atoms with van der Waals surface area (Å²) in [4.78, 5) is 22.3. The maximum Gasteiger partial charge on any atom is 0.341 e. The molecule has 1 amide bonds. The van der Waals surface area contributed by atoms with Crippen LogP contribution in [0.1, 0.15) is 38.2 Å². The molecule has 1 aliphatic heterocycles. The zero-order valence-corrected chi connectivity index (χ0v) is 14.0. The van der Waals surface area contributed by atoms with Crippen LogP contribution in [-0.4, -0.2) is 42.3 Å². The first kappa shape index (κ1) is 18.3. The second-order valence-corrected chi connectivity index (χ2v) is 6.11. The molecule has 132 valence electrons. The van der Waals surface area contributed by atoms with Gasteiger partial charge in [-0.15, -0.1) is 0 Å². The molecule has 0 aromatic heterocycles. The van der Waals surface area contributed by atoms with E-state index in [4.69, 9.17) is 14.6 Å². The van der Waals surface area contributed by atoms with Gasteiger partial charge in [-0.3, -0.25) is 4.79 Å². The fourth-order valence-electron chi connectivity index (χ4n) is 2.72. The van der Waals surface area contributed by atoms with E-state index in [1.54, 1.807) is 12.1 Å². The van der Waals surface area contributed by atoms with Gasteiger partial charge in [0.25, 0.3) is 0 Å². The second-order valence-electron chi connectivity index (χ2n) is 6.11. The van der Waals surface area contributed by atoms with Gasteiger partial charge in [-0.1, -0.05) is 12.1 Å². The van der Waals surface area contributed by atoms with E-state index in [1.807, 2.05) is 12.1 Å². The fourth-order valence-corrected chi connectivity index (χ4v) is 2.72. The zero-order valence-electron chi connectivity index (χ0n) is 14.0. The van der Waals surface area contributed by atoms with Crippen molar-refractivity contribution in [2.24, 2.45) is 0 Å². The Morgan fingerprint density at radius 2 is 2.04 bits per heavy atom. The molecule has 6 nitrogen and oxygen atoms in total. The number of carboxylic acids is 1. The summed E-state index contributed by atoms with van der Waals surface area (Å²) in [5.41, 5.74) is 1.06. The molecule has 1 aromatic carbocycles. The summed E-state index contributed by atoms with van der Waals surface area (Å²) < 4.78 is 10.8. The van der Waals surface area contributed by atoms with Crippen molar-refractivity contribution in [2.75, 3.05) is 13.2 Å². The number of carboxylic acid groups (broad SMARTS) is 1. The molecule has 1 fully saturated rings. The molecule has 0 saturated carbocycles. The summed E-state index contributed by atoms with van der Waals surface area (Å²) >= 11 is 0. The third kappa shape index (κ3) is 6.58. The van der Waals surface area contributed by atoms with Gasteiger partial charge in [-0.05, 0) is 50.3 Å². The fraction of sp³-hybridized carbons (Fsp3) is 0.556. The number of amides is 1. The molecule has 24 heavy (non-hydrogen) atoms. The first-order valence-electron chi connectivity index (χ1n) is 8.38. The molecule has 0 aliphatic carbocycles. The van der Waals surface area contributed by atoms with E-state index in [0.29, 0.717) is 24.8 Å². The van der Waals surface area contributed by atoms with Crippen LogP contribution in [0.4, 0.5) is 0 Å². The number of carbonyl (C=O) groups is 2. The minimum absolute atomic E-state index is 0.0552. The topological polar surface area (TPSA) is 84.9 Å². The molecule has 0 radical (unpaired) electrons. The summed E-state index contributed by atoms with van der Waals surface area (Å²) in [6.45, 7) is 2.30. The van der Waals surface area contributed by atoms with E-state index >= 15 is 0 Å². The largest absolute Gasteiger partial charge is 0.482 e. The summed E-state index contributed by atoms with van der Waals surface area (Å²) in [6, 6.07) is 7.21. The lowest BCUT2D eigenvalue weighted by molar-refractivity contribution is -0.139. The Balaban J connectivity index is 1.60. The van der Waals surface area contributed by atoms with Gasteiger partial charge in [-0.25, -0.2) is 4.79 Å². The number of benzene rings is 1. The summed E-state index contributed by atoms with van der Waals surface area (Å²) in [5, 5.41) is 11.5. The third-order valence-electron chi connectivity index (χ3n) is 4.03. The van der Waals surface area contributed by atoms with Gasteiger partial charge >= 0.3 is 5.97 Å². The van der Waals surface area contributed by atoms with Crippen LogP contribution < -0.4 is 10.1 Å². The first-order valence-corrected chi connectivity index (χ1v) is 8.38. The maximum atomic E-state index is 11.8. The van der Waals surface area contributed by atoms with Gasteiger partial charge in [0.15, 0.2) is 6.61 Å². The highest BCUT2D eigenvalue weighted by Gasteiger charge is 2.21. The first-order chi connectivity index (χ1) is 11.5. The van der Waals surface area contributed by atoms with Crippen LogP contribution in [0.5, 0.6) is 5.75 Å². The molecular formula is C18H25NO5. The molecule has 1 saturated heterocycles. The number of hydrogen-bond donors (Lipinski definition) is 2. The molecule has 1 heterocycles. The molecule has 1 aliphatic rings. The van der Waals surface area contributed by atoms with Crippen LogP contribution in [0.3, 0.4) is 0 Å². The standard InChI is InChI=1S/C18H25NO5/c1-13-2-5-16(24-13)8-9-17(20)19-11-10-14-3-6-15(7-4-14)23-12-18(21)22/h3-4,6-7,13,16H,2,5,8-12H2,1H3,(H,19,20)(H,21,22)/t13-,16+/m1/s1. The lowest BCUT2D eigenvalue weighted by Gasteiger charge is -2.11. The quantitative estimate of drug-likeness (QED) is 0.722. The van der Waals surface area contributed by atoms with Crippen molar-refractivity contribution in [1.29, 1.82) is 0 Å². The number of hydrogen-bond acceptors (Lipinski definition) is 4. The zero-order chi connectivity index (χ0) is 17.4. The predicted molar refractivity (Wildman–Crippen MR) is 89.1 cm³/mol. The van der Waals surface area contributed by atoms with Crippen molar-refractivity contribution in [3.8, 4) is 5.75 Å². The van der Waals surface area contributed by atoms with Crippen LogP contribution >= 0.6 is 0 Å². The van der Waals surface area contributed by atoms with Crippen molar-refractivity contribution < 1.29 is 24.2 Å². The third-order valence-corrected chi connectivity index (χ3v) is 4.03. The Morgan fingerprint density at radius 3 is 2.67 bits per heavy atom. The van der Waals surface area contributed by atoms with Crippen molar-refractivity contribution in [2.45, 2.75) is 51.2 Å². The average Bonchev–Trinajstić information content (AvgIpc) is 2.97. The Bertz CT molecular complexity index is 543. The molecule has 2 N–H and O–H groups in total. The Labute approximate surface area is 142 Å². The molecule has 0 unspecified atom stereocenters. The number of ether oxygens (including phenoxy) is 2. The lowest BCUT2D eigenvalue weighted by atomic mass is 10.1. The summed E-state index contributed by atoms with van der Waals surface area (Å²) in [5.74, 6) is -0.421. The smallest absolute Gasteiger partial charge is 0.341 e. The number of rotatable bonds is 9. The van der Waals surface area contributed by atoms with Crippen LogP contribution in [-0.2, 0) is 20.7 Å². The predicted octanol–water partition coefficient (Wildman–Crippen LogP) is 2.16. The van der Waals surface area contributed by atoms with Crippen LogP contribution in [0.2, 0.25) is 0 Å². The Morgan fingerprint density at radius 1 is 1.29 bits per heavy atom. The van der Waals surface area contributed by atoms with Crippen molar-refractivity contribution in [3.05, 3.63) is 29.8 Å². The second kappa shape index (κ2) is 9.27. The van der Waals surface area contributed by atoms with Crippen molar-refractivity contribution in [3.63, 3.8) is 0 Å². The van der Waals surface area contributed by atoms with E-state index in [1.165, 1.54) is 0 Å². The number of carbonyl (C=O) groups excluding carboxylic acids is 1. The highest BCUT2D eigenvalue weighted by molar-refractivity contribution is 5.75. The molecular weight excluding hydrogens is 310 g/mol. The summed E-state index contributed by atoms with van der Waals surface area (Å²) in [7, 11) is 0. The number of nitrogens with one attached hydrogen (secondary N) is 1. The maximum absolute atomic E-state index is 11.8. The molecule has 2 rings (SSSR count). The molecule has 0 spiro atoms. The van der Waals surface area contributed by atoms with Crippen LogP contribution in [0.15, 0.2) is 24.3 Å². The molecule has 6 heteroatoms. The van der Waals surface area contributed by atoms with Gasteiger partial charge < -0.3 is 19.9 Å². The van der Waals surface area contributed by atoms with Gasteiger partial charge in [0, 0.05) is 13.0 Å². The monoisotopic (exact) mass is 335 g/mol. The van der Waals surface area contributed by atoms with E-state index in [2.05, 4.69) is 12.2 Å². The van der Waals surface area contributed by atoms with Gasteiger partial charge in [0.1, 0.15) is 5.75 Å². The Kier molecular flexibility index (Phi) is 7.06. The van der Waals surface area contributed by atoms with Crippen molar-refractivity contribution >= 4 is 11.9 Å². The van der Waals surface area contributed by atoms with Crippen LogP contribution in [0, 0.1) is 0 Å². The van der Waals surface area contributed by atoms with Gasteiger partial charge in [-0.2, -0.15) is 0 Å². The van der Waals surface area contributed by atoms with E-state index < -0.39 is 5.97 Å². The molecule has 2 atom stereocenters. The molecule has 0 bridgehead atoms. The average molecular weight is 335 g/mol. The van der Waals surface area contributed by atoms with E-state index in [9.17, 15) is 9.59 Å². The number of aliphatic carboxylic acids is 1. The van der Waals surface area contributed by atoms with Gasteiger partial charge in [0.2, 0.25) is 5.91 Å². The molecule has 1 aromatic rings. The van der Waals surface area contributed by atoms with Gasteiger partial charge in [0.05, 0.1) is 12.2 Å². The minimum atomic E-state index is -1.00. The normalized spacial score (nSPS) is 19.9. The SMILES string of the molecule is C[C@@H]1CC[C@@H](CCC(=O)NCCc2ccc(OCC(=O)O)cc2)O1. The lowest BCUT2D eigenvalue weighted by Crippen LogP contribution is -2.26. The highest BCUT2D eigenvalue weighted by atomic mass is 16.5. The summed E-state index contributed by atoms with van der Waals surface area (Å²) in [6.07, 6.45) is 4.68. The van der Waals surface area contributed by atoms with Crippen LogP contribution in [0.25, 0.3) is 0 Å². The highest BCUT2D eigenvalue weighted by Crippen LogP contribution is 2.22.